The molecule has 1 aliphatic carbocycles. The first-order chi connectivity index (χ1) is 26.2. The Morgan fingerprint density at radius 2 is 1.67 bits per heavy atom. The molecule has 9 nitrogen and oxygen atoms in total. The van der Waals surface area contributed by atoms with Crippen molar-refractivity contribution >= 4 is 91.6 Å². The van der Waals surface area contributed by atoms with Crippen molar-refractivity contribution in [2.24, 2.45) is 0 Å². The summed E-state index contributed by atoms with van der Waals surface area (Å²) < 4.78 is 2.05. The molecular weight excluding hydrogens is 759 g/mol. The normalized spacial score (nSPS) is 19.2. The van der Waals surface area contributed by atoms with Crippen molar-refractivity contribution in [2.75, 3.05) is 17.2 Å². The SMILES string of the molecule is [CH]CCCCCCCCCSc1ccc(N2c3ccc(/C=c4\s/c(=C5/SC(=S)N(CCCCC(=O)O)C5=O)n(CC(=O)O)c4=O)cc3C3CCCC32)cc1. The Bertz CT molecular complexity index is 2040. The minimum Gasteiger partial charge on any atom is -0.481 e. The maximum Gasteiger partial charge on any atom is 0.323 e. The standard InChI is InChI=1S/C41H47N3O6S4/c1-2-3-4-5-6-7-8-11-23-52-29-19-17-28(18-20-29)44-32-14-12-13-30(32)31-24-27(16-21-33(31)44)25-34-38(49)43(26-36(47)48)40(53-34)37-39(50)42(41(51)54-37)22-10-9-15-35(45)46/h1,16-21,24-25,30,32H,2-15,22-23,26H2,(H,45,46)(H,47,48)/b34-25-,40-37+. The first-order valence-electron chi connectivity index (χ1n) is 19.0. The molecule has 0 spiro atoms. The predicted molar refractivity (Wildman–Crippen MR) is 223 cm³/mol. The summed E-state index contributed by atoms with van der Waals surface area (Å²) in [5.74, 6) is -0.988. The van der Waals surface area contributed by atoms with Gasteiger partial charge in [-0.2, -0.15) is 0 Å². The molecule has 3 aliphatic rings. The number of nitrogens with zero attached hydrogens (tertiary/aromatic N) is 3. The van der Waals surface area contributed by atoms with Crippen LogP contribution in [-0.2, 0) is 20.9 Å². The monoisotopic (exact) mass is 805 g/mol. The maximum atomic E-state index is 13.7. The molecule has 1 saturated carbocycles. The smallest absolute Gasteiger partial charge is 0.323 e. The number of benzene rings is 2. The molecule has 2 aliphatic heterocycles. The molecule has 286 valence electrons. The number of rotatable bonds is 19. The van der Waals surface area contributed by atoms with E-state index in [2.05, 4.69) is 41.3 Å². The predicted octanol–water partition coefficient (Wildman–Crippen LogP) is 7.76. The number of thiazole rings is 1. The average molecular weight is 806 g/mol. The largest absolute Gasteiger partial charge is 0.481 e. The van der Waals surface area contributed by atoms with Gasteiger partial charge in [0.1, 0.15) is 20.4 Å². The first-order valence-corrected chi connectivity index (χ1v) is 22.0. The highest BCUT2D eigenvalue weighted by Crippen LogP contribution is 2.52. The van der Waals surface area contributed by atoms with Crippen LogP contribution in [-0.4, -0.2) is 60.2 Å². The molecule has 3 aromatic rings. The van der Waals surface area contributed by atoms with Gasteiger partial charge >= 0.3 is 11.9 Å². The van der Waals surface area contributed by atoms with Gasteiger partial charge in [-0.3, -0.25) is 28.6 Å². The highest BCUT2D eigenvalue weighted by molar-refractivity contribution is 8.30. The number of carboxylic acids is 2. The van der Waals surface area contributed by atoms with Crippen LogP contribution >= 0.6 is 47.1 Å². The second kappa shape index (κ2) is 19.0. The molecule has 6 rings (SSSR count). The molecule has 0 bridgehead atoms. The fourth-order valence-electron chi connectivity index (χ4n) is 7.71. The lowest BCUT2D eigenvalue weighted by atomic mass is 9.96. The van der Waals surface area contributed by atoms with E-state index >= 15 is 0 Å². The average Bonchev–Trinajstić information content (AvgIpc) is 3.89. The third-order valence-corrected chi connectivity index (χ3v) is 14.1. The fourth-order valence-corrected chi connectivity index (χ4v) is 11.2. The Morgan fingerprint density at radius 3 is 2.39 bits per heavy atom. The van der Waals surface area contributed by atoms with Crippen molar-refractivity contribution in [1.29, 1.82) is 0 Å². The number of aromatic nitrogens is 1. The van der Waals surface area contributed by atoms with Crippen LogP contribution in [0.5, 0.6) is 0 Å². The number of hydrogen-bond acceptors (Lipinski definition) is 9. The Kier molecular flexibility index (Phi) is 14.1. The van der Waals surface area contributed by atoms with Crippen LogP contribution in [0, 0.1) is 6.92 Å². The van der Waals surface area contributed by atoms with E-state index in [1.54, 1.807) is 6.08 Å². The minimum absolute atomic E-state index is 0.00732. The lowest BCUT2D eigenvalue weighted by Gasteiger charge is -2.27. The maximum absolute atomic E-state index is 13.7. The lowest BCUT2D eigenvalue weighted by molar-refractivity contribution is -0.138. The van der Waals surface area contributed by atoms with Crippen molar-refractivity contribution in [2.45, 2.75) is 113 Å². The third kappa shape index (κ3) is 9.52. The fraction of sp³-hybridized carbons (Fsp3) is 0.463. The summed E-state index contributed by atoms with van der Waals surface area (Å²) in [6, 6.07) is 15.6. The van der Waals surface area contributed by atoms with Crippen molar-refractivity contribution in [3.63, 3.8) is 0 Å². The van der Waals surface area contributed by atoms with E-state index in [0.717, 1.165) is 71.1 Å². The second-order valence-corrected chi connectivity index (χ2v) is 17.9. The molecule has 1 saturated heterocycles. The summed E-state index contributed by atoms with van der Waals surface area (Å²) in [6.07, 6.45) is 15.6. The Balaban J connectivity index is 1.20. The van der Waals surface area contributed by atoms with Gasteiger partial charge in [0.15, 0.2) is 0 Å². The van der Waals surface area contributed by atoms with E-state index in [0.29, 0.717) is 33.7 Å². The molecule has 54 heavy (non-hydrogen) atoms. The molecule has 2 radical (unpaired) electrons. The van der Waals surface area contributed by atoms with E-state index in [9.17, 15) is 24.3 Å². The quantitative estimate of drug-likeness (QED) is 0.0707. The Hall–Kier alpha value is -3.39. The number of thioether (sulfide) groups is 2. The zero-order valence-corrected chi connectivity index (χ0v) is 33.6. The number of carbonyl (C=O) groups is 3. The van der Waals surface area contributed by atoms with E-state index in [-0.39, 0.29) is 22.5 Å². The summed E-state index contributed by atoms with van der Waals surface area (Å²) in [6.45, 7) is 5.26. The number of fused-ring (bicyclic) bond motifs is 3. The molecule has 2 atom stereocenters. The highest BCUT2D eigenvalue weighted by Gasteiger charge is 2.42. The summed E-state index contributed by atoms with van der Waals surface area (Å²) in [7, 11) is 0. The van der Waals surface area contributed by atoms with Gasteiger partial charge in [-0.05, 0) is 105 Å². The van der Waals surface area contributed by atoms with E-state index < -0.39 is 29.9 Å². The van der Waals surface area contributed by atoms with Crippen molar-refractivity contribution in [1.82, 2.24) is 9.47 Å². The van der Waals surface area contributed by atoms with Gasteiger partial charge in [-0.1, -0.05) is 75.0 Å². The molecule has 1 aromatic heterocycles. The zero-order chi connectivity index (χ0) is 38.2. The van der Waals surface area contributed by atoms with Gasteiger partial charge in [-0.25, -0.2) is 0 Å². The van der Waals surface area contributed by atoms with Crippen molar-refractivity contribution in [3.8, 4) is 0 Å². The molecule has 2 fully saturated rings. The number of unbranched alkanes of at least 4 members (excludes halogenated alkanes) is 8. The van der Waals surface area contributed by atoms with Crippen LogP contribution in [0.4, 0.5) is 11.4 Å². The van der Waals surface area contributed by atoms with E-state index in [1.807, 2.05) is 17.8 Å². The topological polar surface area (TPSA) is 120 Å². The van der Waals surface area contributed by atoms with Crippen LogP contribution < -0.4 is 19.7 Å². The van der Waals surface area contributed by atoms with Crippen molar-refractivity contribution in [3.05, 3.63) is 80.1 Å². The Labute approximate surface area is 334 Å². The van der Waals surface area contributed by atoms with Crippen LogP contribution in [0.25, 0.3) is 11.0 Å². The molecule has 2 aromatic carbocycles. The number of aliphatic carboxylic acids is 2. The zero-order valence-electron chi connectivity index (χ0n) is 30.4. The van der Waals surface area contributed by atoms with Gasteiger partial charge in [0.25, 0.3) is 11.5 Å². The number of hydrogen-bond donors (Lipinski definition) is 2. The van der Waals surface area contributed by atoms with Gasteiger partial charge in [-0.15, -0.1) is 23.1 Å². The lowest BCUT2D eigenvalue weighted by Crippen LogP contribution is -2.35. The summed E-state index contributed by atoms with van der Waals surface area (Å²) in [5.41, 5.74) is 4.01. The number of anilines is 2. The number of thiocarbonyl (C=S) groups is 1. The van der Waals surface area contributed by atoms with Crippen LogP contribution in [0.3, 0.4) is 0 Å². The van der Waals surface area contributed by atoms with Gasteiger partial charge in [0.2, 0.25) is 0 Å². The van der Waals surface area contributed by atoms with Crippen LogP contribution in [0.1, 0.15) is 107 Å². The molecule has 1 amide bonds. The Morgan fingerprint density at radius 1 is 0.926 bits per heavy atom. The number of carboxylic acid groups (broad SMARTS) is 2. The third-order valence-electron chi connectivity index (χ3n) is 10.3. The summed E-state index contributed by atoms with van der Waals surface area (Å²) >= 11 is 9.53. The van der Waals surface area contributed by atoms with Crippen LogP contribution in [0.15, 0.2) is 52.2 Å². The molecule has 3 heterocycles. The number of amides is 1. The summed E-state index contributed by atoms with van der Waals surface area (Å²) in [4.78, 5) is 55.3. The van der Waals surface area contributed by atoms with E-state index in [1.165, 1.54) is 65.3 Å². The minimum atomic E-state index is -1.19. The van der Waals surface area contributed by atoms with Gasteiger partial charge < -0.3 is 15.1 Å². The molecular formula is C41H47N3O6S4. The first kappa shape index (κ1) is 40.3. The molecule has 13 heteroatoms. The summed E-state index contributed by atoms with van der Waals surface area (Å²) in [5, 5.41) is 18.6. The molecule has 2 N–H and O–H groups in total. The van der Waals surface area contributed by atoms with Crippen molar-refractivity contribution < 1.29 is 24.6 Å². The number of carbonyl (C=O) groups excluding carboxylic acids is 1. The second-order valence-electron chi connectivity index (χ2n) is 14.1. The van der Waals surface area contributed by atoms with E-state index in [4.69, 9.17) is 24.2 Å². The van der Waals surface area contributed by atoms with Gasteiger partial charge in [0.05, 0.1) is 4.53 Å². The molecule has 2 unspecified atom stereocenters. The van der Waals surface area contributed by atoms with Crippen LogP contribution in [0.2, 0.25) is 0 Å². The highest BCUT2D eigenvalue weighted by atomic mass is 32.2. The van der Waals surface area contributed by atoms with Gasteiger partial charge in [0, 0.05) is 41.2 Å².